The first-order chi connectivity index (χ1) is 9.00. The van der Waals surface area contributed by atoms with Crippen LogP contribution in [-0.4, -0.2) is 37.3 Å². The predicted octanol–water partition coefficient (Wildman–Crippen LogP) is 1.85. The summed E-state index contributed by atoms with van der Waals surface area (Å²) in [7, 11) is 1.66. The molecule has 0 saturated carbocycles. The molecule has 6 heteroatoms. The summed E-state index contributed by atoms with van der Waals surface area (Å²) in [6.07, 6.45) is 2.08. The van der Waals surface area contributed by atoms with Crippen LogP contribution in [0.2, 0.25) is 0 Å². The number of benzene rings is 1. The van der Waals surface area contributed by atoms with E-state index in [0.717, 1.165) is 25.5 Å². The van der Waals surface area contributed by atoms with E-state index >= 15 is 0 Å². The Bertz CT molecular complexity index is 488. The number of nitrogens with one attached hydrogen (secondary N) is 1. The van der Waals surface area contributed by atoms with Crippen molar-refractivity contribution in [3.05, 3.63) is 29.3 Å². The molecule has 104 valence electrons. The molecule has 0 amide bonds. The number of rotatable bonds is 4. The lowest BCUT2D eigenvalue weighted by molar-refractivity contribution is 0.0690. The van der Waals surface area contributed by atoms with E-state index < -0.39 is 23.2 Å². The van der Waals surface area contributed by atoms with Gasteiger partial charge in [-0.25, -0.2) is 13.6 Å². The molecule has 1 atom stereocenters. The van der Waals surface area contributed by atoms with Gasteiger partial charge in [0.25, 0.3) is 0 Å². The molecule has 4 nitrogen and oxygen atoms in total. The van der Waals surface area contributed by atoms with Crippen molar-refractivity contribution in [3.8, 4) is 0 Å². The van der Waals surface area contributed by atoms with Gasteiger partial charge in [0.05, 0.1) is 11.3 Å². The number of likely N-dealkylation sites (N-methyl/N-ethyl adjacent to an activating group) is 1. The molecule has 1 heterocycles. The van der Waals surface area contributed by atoms with Crippen LogP contribution in [-0.2, 0) is 0 Å². The predicted molar refractivity (Wildman–Crippen MR) is 67.6 cm³/mol. The number of carboxylic acid groups (broad SMARTS) is 1. The van der Waals surface area contributed by atoms with E-state index in [1.165, 1.54) is 6.07 Å². The van der Waals surface area contributed by atoms with Gasteiger partial charge in [-0.1, -0.05) is 0 Å². The Morgan fingerprint density at radius 1 is 1.47 bits per heavy atom. The van der Waals surface area contributed by atoms with Gasteiger partial charge in [0.2, 0.25) is 0 Å². The van der Waals surface area contributed by atoms with E-state index in [1.54, 1.807) is 11.9 Å². The molecule has 19 heavy (non-hydrogen) atoms. The van der Waals surface area contributed by atoms with E-state index in [2.05, 4.69) is 5.32 Å². The van der Waals surface area contributed by atoms with Crippen LogP contribution in [0, 0.1) is 11.6 Å². The fourth-order valence-corrected chi connectivity index (χ4v) is 2.34. The zero-order valence-electron chi connectivity index (χ0n) is 10.6. The molecule has 1 saturated heterocycles. The van der Waals surface area contributed by atoms with Crippen molar-refractivity contribution < 1.29 is 18.7 Å². The van der Waals surface area contributed by atoms with Gasteiger partial charge in [-0.15, -0.1) is 0 Å². The van der Waals surface area contributed by atoms with E-state index in [4.69, 9.17) is 5.11 Å². The lowest BCUT2D eigenvalue weighted by Gasteiger charge is -2.24. The Morgan fingerprint density at radius 2 is 2.21 bits per heavy atom. The topological polar surface area (TPSA) is 52.6 Å². The number of anilines is 1. The molecule has 0 aliphatic carbocycles. The third-order valence-corrected chi connectivity index (χ3v) is 3.36. The second kappa shape index (κ2) is 5.52. The number of nitrogens with zero attached hydrogens (tertiary/aromatic N) is 1. The molecule has 1 unspecified atom stereocenters. The lowest BCUT2D eigenvalue weighted by Crippen LogP contribution is -2.35. The smallest absolute Gasteiger partial charge is 0.338 e. The minimum absolute atomic E-state index is 0.0798. The van der Waals surface area contributed by atoms with Crippen molar-refractivity contribution in [2.75, 3.05) is 25.0 Å². The van der Waals surface area contributed by atoms with Crippen molar-refractivity contribution in [1.82, 2.24) is 5.32 Å². The van der Waals surface area contributed by atoms with E-state index in [0.29, 0.717) is 6.54 Å². The van der Waals surface area contributed by atoms with Crippen molar-refractivity contribution in [2.45, 2.75) is 18.9 Å². The average molecular weight is 270 g/mol. The minimum atomic E-state index is -1.47. The highest BCUT2D eigenvalue weighted by Crippen LogP contribution is 2.24. The zero-order chi connectivity index (χ0) is 14.0. The lowest BCUT2D eigenvalue weighted by atomic mass is 10.1. The normalized spacial score (nSPS) is 18.6. The van der Waals surface area contributed by atoms with Crippen LogP contribution in [0.3, 0.4) is 0 Å². The molecule has 2 N–H and O–H groups in total. The van der Waals surface area contributed by atoms with Crippen LogP contribution in [0.5, 0.6) is 0 Å². The summed E-state index contributed by atoms with van der Waals surface area (Å²) in [5, 5.41) is 12.0. The van der Waals surface area contributed by atoms with Crippen LogP contribution in [0.4, 0.5) is 14.5 Å². The first-order valence-corrected chi connectivity index (χ1v) is 6.16. The molecule has 0 bridgehead atoms. The molecular formula is C13H16F2N2O2. The van der Waals surface area contributed by atoms with Gasteiger partial charge in [-0.05, 0) is 31.5 Å². The molecule has 1 aromatic carbocycles. The van der Waals surface area contributed by atoms with Gasteiger partial charge < -0.3 is 15.3 Å². The molecule has 1 aliphatic heterocycles. The molecule has 1 fully saturated rings. The number of carboxylic acids is 1. The summed E-state index contributed by atoms with van der Waals surface area (Å²) in [5.74, 6) is -3.89. The van der Waals surface area contributed by atoms with Crippen LogP contribution in [0.1, 0.15) is 23.2 Å². The van der Waals surface area contributed by atoms with Crippen LogP contribution >= 0.6 is 0 Å². The molecule has 0 radical (unpaired) electrons. The molecule has 1 aliphatic rings. The van der Waals surface area contributed by atoms with Gasteiger partial charge in [0.1, 0.15) is 0 Å². The number of hydrogen-bond donors (Lipinski definition) is 2. The Hall–Kier alpha value is -1.69. The highest BCUT2D eigenvalue weighted by Gasteiger charge is 2.22. The Kier molecular flexibility index (Phi) is 3.99. The van der Waals surface area contributed by atoms with Crippen LogP contribution in [0.25, 0.3) is 0 Å². The number of hydrogen-bond acceptors (Lipinski definition) is 3. The van der Waals surface area contributed by atoms with Gasteiger partial charge in [0, 0.05) is 19.6 Å². The highest BCUT2D eigenvalue weighted by atomic mass is 19.2. The Balaban J connectivity index is 2.19. The average Bonchev–Trinajstić information content (AvgIpc) is 2.84. The van der Waals surface area contributed by atoms with Gasteiger partial charge in [0.15, 0.2) is 11.6 Å². The van der Waals surface area contributed by atoms with E-state index in [9.17, 15) is 13.6 Å². The summed E-state index contributed by atoms with van der Waals surface area (Å²) in [5.41, 5.74) is -0.565. The van der Waals surface area contributed by atoms with Gasteiger partial charge in [-0.3, -0.25) is 0 Å². The SMILES string of the molecule is CN(CC1CCCN1)c1ccc(C(=O)O)c(F)c1F. The molecular weight excluding hydrogens is 254 g/mol. The highest BCUT2D eigenvalue weighted by molar-refractivity contribution is 5.88. The molecule has 1 aromatic rings. The summed E-state index contributed by atoms with van der Waals surface area (Å²) in [6, 6.07) is 2.65. The summed E-state index contributed by atoms with van der Waals surface area (Å²) >= 11 is 0. The fourth-order valence-electron chi connectivity index (χ4n) is 2.34. The third kappa shape index (κ3) is 2.84. The number of carbonyl (C=O) groups is 1. The quantitative estimate of drug-likeness (QED) is 0.876. The maximum atomic E-state index is 13.8. The fraction of sp³-hybridized carbons (Fsp3) is 0.462. The molecule has 0 spiro atoms. The molecule has 0 aromatic heterocycles. The third-order valence-electron chi connectivity index (χ3n) is 3.36. The van der Waals surface area contributed by atoms with Crippen molar-refractivity contribution in [2.24, 2.45) is 0 Å². The largest absolute Gasteiger partial charge is 0.478 e. The number of halogens is 2. The zero-order valence-corrected chi connectivity index (χ0v) is 10.6. The monoisotopic (exact) mass is 270 g/mol. The standard InChI is InChI=1S/C13H16F2N2O2/c1-17(7-8-3-2-6-16-8)10-5-4-9(13(18)19)11(14)12(10)15/h4-5,8,16H,2-3,6-7H2,1H3,(H,18,19). The van der Waals surface area contributed by atoms with Crippen molar-refractivity contribution >= 4 is 11.7 Å². The second-order valence-corrected chi connectivity index (χ2v) is 4.74. The Morgan fingerprint density at radius 3 is 2.79 bits per heavy atom. The van der Waals surface area contributed by atoms with Crippen LogP contribution < -0.4 is 10.2 Å². The Labute approximate surface area is 110 Å². The maximum absolute atomic E-state index is 13.8. The van der Waals surface area contributed by atoms with Gasteiger partial charge in [-0.2, -0.15) is 0 Å². The summed E-state index contributed by atoms with van der Waals surface area (Å²) in [6.45, 7) is 1.50. The minimum Gasteiger partial charge on any atom is -0.478 e. The number of aromatic carboxylic acids is 1. The first-order valence-electron chi connectivity index (χ1n) is 6.16. The second-order valence-electron chi connectivity index (χ2n) is 4.74. The first kappa shape index (κ1) is 13.7. The van der Waals surface area contributed by atoms with Crippen LogP contribution in [0.15, 0.2) is 12.1 Å². The van der Waals surface area contributed by atoms with Crippen molar-refractivity contribution in [3.63, 3.8) is 0 Å². The molecule has 2 rings (SSSR count). The summed E-state index contributed by atoms with van der Waals surface area (Å²) in [4.78, 5) is 12.3. The van der Waals surface area contributed by atoms with Gasteiger partial charge >= 0.3 is 5.97 Å². The van der Waals surface area contributed by atoms with Crippen molar-refractivity contribution in [1.29, 1.82) is 0 Å². The summed E-state index contributed by atoms with van der Waals surface area (Å²) < 4.78 is 27.4. The van der Waals surface area contributed by atoms with E-state index in [1.807, 2.05) is 0 Å². The van der Waals surface area contributed by atoms with E-state index in [-0.39, 0.29) is 11.7 Å². The maximum Gasteiger partial charge on any atom is 0.338 e.